The maximum Gasteiger partial charge on any atom is 0.311 e. The maximum atomic E-state index is 13.0. The average Bonchev–Trinajstić information content (AvgIpc) is 3.45. The number of aromatic nitrogens is 1. The minimum Gasteiger partial charge on any atom is -0.466 e. The van der Waals surface area contributed by atoms with Gasteiger partial charge in [-0.25, -0.2) is 4.98 Å². The Morgan fingerprint density at radius 1 is 1.15 bits per heavy atom. The molecule has 2 aliphatic rings. The Morgan fingerprint density at radius 2 is 1.88 bits per heavy atom. The van der Waals surface area contributed by atoms with Gasteiger partial charge in [-0.2, -0.15) is 0 Å². The molecule has 2 fully saturated rings. The summed E-state index contributed by atoms with van der Waals surface area (Å²) in [6.45, 7) is 3.42. The number of nitrogens with zero attached hydrogens (tertiary/aromatic N) is 3. The molecular formula is C24H28N4O5S. The van der Waals surface area contributed by atoms with Crippen molar-refractivity contribution in [1.82, 2.24) is 9.88 Å². The summed E-state index contributed by atoms with van der Waals surface area (Å²) in [7, 11) is 0. The van der Waals surface area contributed by atoms with Crippen LogP contribution in [0.15, 0.2) is 35.7 Å². The number of esters is 1. The molecule has 0 spiro atoms. The van der Waals surface area contributed by atoms with Crippen LogP contribution in [0.3, 0.4) is 0 Å². The van der Waals surface area contributed by atoms with Crippen molar-refractivity contribution >= 4 is 45.8 Å². The van der Waals surface area contributed by atoms with Gasteiger partial charge in [0.25, 0.3) is 0 Å². The highest BCUT2D eigenvalue weighted by atomic mass is 32.1. The molecule has 2 aliphatic heterocycles. The third kappa shape index (κ3) is 5.61. The van der Waals surface area contributed by atoms with Crippen molar-refractivity contribution < 1.29 is 23.9 Å². The summed E-state index contributed by atoms with van der Waals surface area (Å²) in [6, 6.07) is 9.39. The van der Waals surface area contributed by atoms with Crippen molar-refractivity contribution in [1.29, 1.82) is 0 Å². The molecule has 1 aromatic heterocycles. The number of hydrogen-bond donors (Lipinski definition) is 1. The number of ether oxygens (including phenoxy) is 1. The van der Waals surface area contributed by atoms with Crippen LogP contribution in [0, 0.1) is 11.8 Å². The summed E-state index contributed by atoms with van der Waals surface area (Å²) in [4.78, 5) is 57.5. The number of thiazole rings is 1. The lowest BCUT2D eigenvalue weighted by Gasteiger charge is -2.32. The smallest absolute Gasteiger partial charge is 0.311 e. The van der Waals surface area contributed by atoms with Crippen molar-refractivity contribution in [2.45, 2.75) is 32.6 Å². The Labute approximate surface area is 202 Å². The number of amides is 3. The number of para-hydroxylation sites is 1. The van der Waals surface area contributed by atoms with E-state index in [9.17, 15) is 19.2 Å². The van der Waals surface area contributed by atoms with E-state index in [0.29, 0.717) is 49.9 Å². The van der Waals surface area contributed by atoms with Crippen molar-refractivity contribution in [2.75, 3.05) is 36.5 Å². The second-order valence-electron chi connectivity index (χ2n) is 8.46. The predicted octanol–water partition coefficient (Wildman–Crippen LogP) is 2.48. The van der Waals surface area contributed by atoms with Gasteiger partial charge in [0.05, 0.1) is 24.6 Å². The third-order valence-corrected chi connectivity index (χ3v) is 6.94. The molecule has 9 nitrogen and oxygen atoms in total. The molecule has 0 bridgehead atoms. The molecule has 10 heteroatoms. The fourth-order valence-corrected chi connectivity index (χ4v) is 5.08. The first-order chi connectivity index (χ1) is 16.4. The number of benzene rings is 1. The van der Waals surface area contributed by atoms with Crippen molar-refractivity contribution in [3.63, 3.8) is 0 Å². The van der Waals surface area contributed by atoms with Gasteiger partial charge >= 0.3 is 5.97 Å². The molecular weight excluding hydrogens is 456 g/mol. The Bertz CT molecular complexity index is 1050. The highest BCUT2D eigenvalue weighted by molar-refractivity contribution is 7.13. The van der Waals surface area contributed by atoms with E-state index >= 15 is 0 Å². The van der Waals surface area contributed by atoms with Gasteiger partial charge in [-0.15, -0.1) is 11.3 Å². The second-order valence-corrected chi connectivity index (χ2v) is 9.31. The van der Waals surface area contributed by atoms with Crippen LogP contribution < -0.4 is 10.2 Å². The highest BCUT2D eigenvalue weighted by Gasteiger charge is 2.38. The first kappa shape index (κ1) is 23.9. The zero-order chi connectivity index (χ0) is 24.1. The van der Waals surface area contributed by atoms with E-state index in [-0.39, 0.29) is 48.4 Å². The zero-order valence-electron chi connectivity index (χ0n) is 19.1. The molecule has 0 saturated carbocycles. The largest absolute Gasteiger partial charge is 0.466 e. The standard InChI is InChI=1S/C24H28N4O5S/c1-2-33-21(30)13-18-15-34-24(25-18)26-22(31)16-8-10-27(11-9-16)23(32)17-12-20(29)28(14-17)19-6-4-3-5-7-19/h3-7,15-17H,2,8-14H2,1H3,(H,25,26,31). The van der Waals surface area contributed by atoms with Crippen molar-refractivity contribution in [3.8, 4) is 0 Å². The van der Waals surface area contributed by atoms with Crippen LogP contribution in [0.25, 0.3) is 0 Å². The van der Waals surface area contributed by atoms with Gasteiger partial charge in [0.1, 0.15) is 0 Å². The van der Waals surface area contributed by atoms with Crippen LogP contribution in [0.4, 0.5) is 10.8 Å². The number of carbonyl (C=O) groups excluding carboxylic acids is 4. The number of anilines is 2. The van der Waals surface area contributed by atoms with Crippen LogP contribution in [-0.4, -0.2) is 59.8 Å². The fraction of sp³-hybridized carbons (Fsp3) is 0.458. The molecule has 2 aromatic rings. The van der Waals surface area contributed by atoms with E-state index in [1.54, 1.807) is 22.1 Å². The average molecular weight is 485 g/mol. The summed E-state index contributed by atoms with van der Waals surface area (Å²) in [6.07, 6.45) is 1.40. The minimum absolute atomic E-state index is 0.0193. The van der Waals surface area contributed by atoms with Crippen LogP contribution in [-0.2, 0) is 30.3 Å². The topological polar surface area (TPSA) is 109 Å². The van der Waals surface area contributed by atoms with Crippen LogP contribution >= 0.6 is 11.3 Å². The van der Waals surface area contributed by atoms with E-state index in [0.717, 1.165) is 5.69 Å². The summed E-state index contributed by atoms with van der Waals surface area (Å²) in [5.74, 6) is -1.11. The highest BCUT2D eigenvalue weighted by Crippen LogP contribution is 2.28. The molecule has 4 rings (SSSR count). The molecule has 1 N–H and O–H groups in total. The number of rotatable bonds is 7. The Morgan fingerprint density at radius 3 is 2.59 bits per heavy atom. The predicted molar refractivity (Wildman–Crippen MR) is 127 cm³/mol. The van der Waals surface area contributed by atoms with Gasteiger partial charge < -0.3 is 19.9 Å². The van der Waals surface area contributed by atoms with Crippen molar-refractivity contribution in [3.05, 3.63) is 41.4 Å². The van der Waals surface area contributed by atoms with E-state index in [4.69, 9.17) is 4.74 Å². The molecule has 0 aliphatic carbocycles. The number of likely N-dealkylation sites (tertiary alicyclic amines) is 1. The van der Waals surface area contributed by atoms with Crippen LogP contribution in [0.1, 0.15) is 31.9 Å². The van der Waals surface area contributed by atoms with Gasteiger partial charge in [-0.3, -0.25) is 19.2 Å². The monoisotopic (exact) mass is 484 g/mol. The lowest BCUT2D eigenvalue weighted by atomic mass is 9.94. The van der Waals surface area contributed by atoms with Gasteiger partial charge in [0, 0.05) is 43.0 Å². The molecule has 3 amide bonds. The van der Waals surface area contributed by atoms with Gasteiger partial charge in [-0.05, 0) is 31.9 Å². The fourth-order valence-electron chi connectivity index (χ4n) is 4.36. The van der Waals surface area contributed by atoms with Gasteiger partial charge in [0.15, 0.2) is 5.13 Å². The van der Waals surface area contributed by atoms with E-state index < -0.39 is 0 Å². The molecule has 180 valence electrons. The zero-order valence-corrected chi connectivity index (χ0v) is 19.9. The maximum absolute atomic E-state index is 13.0. The number of carbonyl (C=O) groups is 4. The van der Waals surface area contributed by atoms with Crippen molar-refractivity contribution in [2.24, 2.45) is 11.8 Å². The summed E-state index contributed by atoms with van der Waals surface area (Å²) in [5.41, 5.74) is 1.38. The summed E-state index contributed by atoms with van der Waals surface area (Å²) in [5, 5.41) is 5.01. The van der Waals surface area contributed by atoms with E-state index in [1.165, 1.54) is 11.3 Å². The van der Waals surface area contributed by atoms with Crippen LogP contribution in [0.5, 0.6) is 0 Å². The SMILES string of the molecule is CCOC(=O)Cc1csc(NC(=O)C2CCN(C(=O)C3CC(=O)N(c4ccccc4)C3)CC2)n1. The number of hydrogen-bond acceptors (Lipinski definition) is 7. The molecule has 1 atom stereocenters. The Kier molecular flexibility index (Phi) is 7.56. The quantitative estimate of drug-likeness (QED) is 0.605. The third-order valence-electron chi connectivity index (χ3n) is 6.13. The van der Waals surface area contributed by atoms with Gasteiger partial charge in [-0.1, -0.05) is 18.2 Å². The first-order valence-electron chi connectivity index (χ1n) is 11.5. The lowest BCUT2D eigenvalue weighted by molar-refractivity contribution is -0.142. The lowest BCUT2D eigenvalue weighted by Crippen LogP contribution is -2.44. The van der Waals surface area contributed by atoms with Crippen LogP contribution in [0.2, 0.25) is 0 Å². The molecule has 0 radical (unpaired) electrons. The second kappa shape index (κ2) is 10.8. The first-order valence-corrected chi connectivity index (χ1v) is 12.4. The molecule has 2 saturated heterocycles. The minimum atomic E-state index is -0.355. The summed E-state index contributed by atoms with van der Waals surface area (Å²) < 4.78 is 4.92. The van der Waals surface area contributed by atoms with E-state index in [1.807, 2.05) is 30.3 Å². The summed E-state index contributed by atoms with van der Waals surface area (Å²) >= 11 is 1.27. The van der Waals surface area contributed by atoms with Gasteiger partial charge in [0.2, 0.25) is 17.7 Å². The molecule has 1 unspecified atom stereocenters. The Balaban J connectivity index is 1.25. The molecule has 1 aromatic carbocycles. The number of piperidine rings is 1. The molecule has 34 heavy (non-hydrogen) atoms. The normalized spacial score (nSPS) is 18.7. The molecule has 3 heterocycles. The number of nitrogens with one attached hydrogen (secondary N) is 1. The Hall–Kier alpha value is -3.27. The van der Waals surface area contributed by atoms with E-state index in [2.05, 4.69) is 10.3 Å².